The fourth-order valence-electron chi connectivity index (χ4n) is 5.85. The molecule has 2 unspecified atom stereocenters. The van der Waals surface area contributed by atoms with Crippen LogP contribution in [0.1, 0.15) is 48.7 Å². The number of hydrogen-bond donors (Lipinski definition) is 1. The molecule has 1 saturated heterocycles. The summed E-state index contributed by atoms with van der Waals surface area (Å²) < 4.78 is 11.9. The van der Waals surface area contributed by atoms with Crippen molar-refractivity contribution in [3.63, 3.8) is 0 Å². The Balaban J connectivity index is 1.19. The van der Waals surface area contributed by atoms with E-state index in [4.69, 9.17) is 14.8 Å². The molecule has 2 aliphatic heterocycles. The lowest BCUT2D eigenvalue weighted by Gasteiger charge is -2.38. The van der Waals surface area contributed by atoms with E-state index in [1.165, 1.54) is 23.4 Å². The van der Waals surface area contributed by atoms with E-state index < -0.39 is 0 Å². The normalized spacial score (nSPS) is 26.8. The van der Waals surface area contributed by atoms with E-state index in [1.54, 1.807) is 18.6 Å². The van der Waals surface area contributed by atoms with Gasteiger partial charge in [-0.2, -0.15) is 9.36 Å². The average molecular weight is 451 g/mol. The molecule has 3 aliphatic rings. The molecular weight excluding hydrogens is 420 g/mol. The minimum absolute atomic E-state index is 0.297. The minimum atomic E-state index is 0.297. The SMILES string of the molecule is COc1ccc(C2CCCn3nc(NC4[C@@H]5CC[C@H]4CN(c4cc(C)ns4)C5)nc32)cc1. The minimum Gasteiger partial charge on any atom is -0.497 e. The van der Waals surface area contributed by atoms with E-state index in [2.05, 4.69) is 44.4 Å². The van der Waals surface area contributed by atoms with Crippen LogP contribution >= 0.6 is 11.5 Å². The van der Waals surface area contributed by atoms with Gasteiger partial charge in [-0.1, -0.05) is 12.1 Å². The van der Waals surface area contributed by atoms with Crippen LogP contribution in [0.25, 0.3) is 0 Å². The number of aryl methyl sites for hydroxylation is 2. The first-order chi connectivity index (χ1) is 15.7. The van der Waals surface area contributed by atoms with Crippen LogP contribution in [-0.2, 0) is 6.54 Å². The van der Waals surface area contributed by atoms with Crippen LogP contribution in [0.2, 0.25) is 0 Å². The molecule has 1 saturated carbocycles. The zero-order chi connectivity index (χ0) is 21.7. The van der Waals surface area contributed by atoms with Gasteiger partial charge in [-0.3, -0.25) is 0 Å². The van der Waals surface area contributed by atoms with Crippen molar-refractivity contribution in [2.24, 2.45) is 11.8 Å². The number of piperidine rings is 1. The molecule has 2 aromatic heterocycles. The molecule has 6 rings (SSSR count). The standard InChI is InChI=1S/C24H30N6OS/c1-15-12-21(32-28-15)29-13-17-5-6-18(14-29)22(17)25-24-26-23-20(4-3-11-30(23)27-24)16-7-9-19(31-2)10-8-16/h7-10,12,17-18,20,22H,3-6,11,13-14H2,1-2H3,(H,25,27)/t17-,18+,20?,22?. The monoisotopic (exact) mass is 450 g/mol. The highest BCUT2D eigenvalue weighted by Gasteiger charge is 2.43. The number of ether oxygens (including phenoxy) is 1. The molecule has 32 heavy (non-hydrogen) atoms. The molecule has 168 valence electrons. The smallest absolute Gasteiger partial charge is 0.242 e. The van der Waals surface area contributed by atoms with Crippen molar-refractivity contribution in [1.82, 2.24) is 19.1 Å². The van der Waals surface area contributed by atoms with Crippen LogP contribution < -0.4 is 15.0 Å². The Morgan fingerprint density at radius 2 is 1.88 bits per heavy atom. The topological polar surface area (TPSA) is 68.1 Å². The summed E-state index contributed by atoms with van der Waals surface area (Å²) >= 11 is 1.63. The van der Waals surface area contributed by atoms with Crippen molar-refractivity contribution in [3.05, 3.63) is 47.4 Å². The predicted molar refractivity (Wildman–Crippen MR) is 127 cm³/mol. The zero-order valence-electron chi connectivity index (χ0n) is 18.7. The van der Waals surface area contributed by atoms with Crippen LogP contribution in [0.4, 0.5) is 10.9 Å². The molecule has 0 radical (unpaired) electrons. The van der Waals surface area contributed by atoms with Crippen molar-refractivity contribution in [3.8, 4) is 5.75 Å². The molecule has 0 amide bonds. The Labute approximate surface area is 193 Å². The Morgan fingerprint density at radius 1 is 1.09 bits per heavy atom. The van der Waals surface area contributed by atoms with Gasteiger partial charge < -0.3 is 15.0 Å². The van der Waals surface area contributed by atoms with Gasteiger partial charge in [-0.15, -0.1) is 5.10 Å². The third kappa shape index (κ3) is 3.54. The molecule has 3 aromatic rings. The second kappa shape index (κ2) is 8.06. The van der Waals surface area contributed by atoms with Crippen LogP contribution in [0.15, 0.2) is 30.3 Å². The fraction of sp³-hybridized carbons (Fsp3) is 0.542. The number of aromatic nitrogens is 4. The van der Waals surface area contributed by atoms with Crippen molar-refractivity contribution < 1.29 is 4.74 Å². The molecule has 8 heteroatoms. The summed E-state index contributed by atoms with van der Waals surface area (Å²) in [5.74, 6) is 4.36. The summed E-state index contributed by atoms with van der Waals surface area (Å²) in [6.07, 6.45) is 4.80. The Hall–Kier alpha value is -2.61. The van der Waals surface area contributed by atoms with Gasteiger partial charge in [-0.05, 0) is 79.7 Å². The Kier molecular flexibility index (Phi) is 5.05. The number of nitrogens with zero attached hydrogens (tertiary/aromatic N) is 5. The molecule has 1 aromatic carbocycles. The first-order valence-electron chi connectivity index (χ1n) is 11.7. The van der Waals surface area contributed by atoms with Crippen molar-refractivity contribution >= 4 is 22.5 Å². The summed E-state index contributed by atoms with van der Waals surface area (Å²) in [5.41, 5.74) is 2.41. The summed E-state index contributed by atoms with van der Waals surface area (Å²) in [7, 11) is 1.71. The molecule has 4 atom stereocenters. The maximum absolute atomic E-state index is 5.33. The highest BCUT2D eigenvalue weighted by molar-refractivity contribution is 7.10. The summed E-state index contributed by atoms with van der Waals surface area (Å²) in [4.78, 5) is 7.55. The first kappa shape index (κ1) is 20.0. The molecule has 1 aliphatic carbocycles. The molecule has 1 N–H and O–H groups in total. The zero-order valence-corrected chi connectivity index (χ0v) is 19.5. The molecule has 0 spiro atoms. The van der Waals surface area contributed by atoms with Crippen LogP contribution in [0.5, 0.6) is 5.75 Å². The van der Waals surface area contributed by atoms with E-state index in [-0.39, 0.29) is 0 Å². The molecular formula is C24H30N6OS. The third-order valence-electron chi connectivity index (χ3n) is 7.45. The van der Waals surface area contributed by atoms with Crippen LogP contribution in [0.3, 0.4) is 0 Å². The van der Waals surface area contributed by atoms with E-state index in [0.29, 0.717) is 23.8 Å². The summed E-state index contributed by atoms with van der Waals surface area (Å²) in [6, 6.07) is 11.1. The van der Waals surface area contributed by atoms with Gasteiger partial charge in [0.25, 0.3) is 0 Å². The number of methoxy groups -OCH3 is 1. The quantitative estimate of drug-likeness (QED) is 0.625. The highest BCUT2D eigenvalue weighted by atomic mass is 32.1. The Bertz CT molecular complexity index is 1080. The van der Waals surface area contributed by atoms with Gasteiger partial charge in [0.2, 0.25) is 5.95 Å². The Morgan fingerprint density at radius 3 is 2.56 bits per heavy atom. The van der Waals surface area contributed by atoms with Crippen molar-refractivity contribution in [2.75, 3.05) is 30.4 Å². The van der Waals surface area contributed by atoms with Crippen LogP contribution in [-0.4, -0.2) is 45.4 Å². The third-order valence-corrected chi connectivity index (χ3v) is 8.39. The number of nitrogens with one attached hydrogen (secondary N) is 1. The lowest BCUT2D eigenvalue weighted by molar-refractivity contribution is 0.377. The maximum atomic E-state index is 5.33. The van der Waals surface area contributed by atoms with Gasteiger partial charge in [0.15, 0.2) is 0 Å². The predicted octanol–water partition coefficient (Wildman–Crippen LogP) is 4.30. The van der Waals surface area contributed by atoms with Crippen LogP contribution in [0, 0.1) is 18.8 Å². The second-order valence-electron chi connectivity index (χ2n) is 9.46. The lowest BCUT2D eigenvalue weighted by atomic mass is 9.91. The van der Waals surface area contributed by atoms with Crippen molar-refractivity contribution in [1.29, 1.82) is 0 Å². The molecule has 2 bridgehead atoms. The maximum Gasteiger partial charge on any atom is 0.242 e. The lowest BCUT2D eigenvalue weighted by Crippen LogP contribution is -2.48. The van der Waals surface area contributed by atoms with E-state index >= 15 is 0 Å². The summed E-state index contributed by atoms with van der Waals surface area (Å²) in [5, 5.41) is 9.96. The van der Waals surface area contributed by atoms with E-state index in [9.17, 15) is 0 Å². The van der Waals surface area contributed by atoms with E-state index in [0.717, 1.165) is 55.7 Å². The number of benzene rings is 1. The molecule has 7 nitrogen and oxygen atoms in total. The van der Waals surface area contributed by atoms with Crippen molar-refractivity contribution in [2.45, 2.75) is 51.1 Å². The number of rotatable bonds is 5. The van der Waals surface area contributed by atoms with Gasteiger partial charge in [-0.25, -0.2) is 4.68 Å². The summed E-state index contributed by atoms with van der Waals surface area (Å²) in [6.45, 7) is 5.22. The van der Waals surface area contributed by atoms with Gasteiger partial charge >= 0.3 is 0 Å². The number of anilines is 2. The fourth-order valence-corrected chi connectivity index (χ4v) is 6.63. The molecule has 4 heterocycles. The largest absolute Gasteiger partial charge is 0.497 e. The van der Waals surface area contributed by atoms with Gasteiger partial charge in [0, 0.05) is 31.6 Å². The second-order valence-corrected chi connectivity index (χ2v) is 10.2. The first-order valence-corrected chi connectivity index (χ1v) is 12.5. The average Bonchev–Trinajstić information content (AvgIpc) is 3.49. The van der Waals surface area contributed by atoms with Gasteiger partial charge in [0.1, 0.15) is 16.6 Å². The van der Waals surface area contributed by atoms with Gasteiger partial charge in [0.05, 0.1) is 12.8 Å². The number of hydrogen-bond acceptors (Lipinski definition) is 7. The number of fused-ring (bicyclic) bond motifs is 3. The highest BCUT2D eigenvalue weighted by Crippen LogP contribution is 2.41. The van der Waals surface area contributed by atoms with E-state index in [1.807, 2.05) is 12.1 Å². The molecule has 2 fully saturated rings.